The summed E-state index contributed by atoms with van der Waals surface area (Å²) >= 11 is 5.91. The summed E-state index contributed by atoms with van der Waals surface area (Å²) in [5, 5.41) is 21.9. The van der Waals surface area contributed by atoms with Gasteiger partial charge in [-0.15, -0.1) is 0 Å². The van der Waals surface area contributed by atoms with Gasteiger partial charge in [-0.1, -0.05) is 24.9 Å². The number of hydrogen-bond donors (Lipinski definition) is 3. The van der Waals surface area contributed by atoms with Gasteiger partial charge in [0, 0.05) is 12.7 Å². The number of carbonyl (C=O) groups is 1. The summed E-state index contributed by atoms with van der Waals surface area (Å²) in [4.78, 5) is 14.6. The van der Waals surface area contributed by atoms with Gasteiger partial charge in [-0.3, -0.25) is 0 Å². The summed E-state index contributed by atoms with van der Waals surface area (Å²) < 4.78 is 0. The summed E-state index contributed by atoms with van der Waals surface area (Å²) in [6, 6.07) is 1.33. The molecule has 1 unspecified atom stereocenters. The lowest BCUT2D eigenvalue weighted by Crippen LogP contribution is -2.33. The van der Waals surface area contributed by atoms with Crippen LogP contribution in [0, 0.1) is 0 Å². The van der Waals surface area contributed by atoms with Crippen LogP contribution in [0.25, 0.3) is 0 Å². The van der Waals surface area contributed by atoms with E-state index in [4.69, 9.17) is 16.7 Å². The molecule has 0 amide bonds. The summed E-state index contributed by atoms with van der Waals surface area (Å²) in [6.07, 6.45) is 2.75. The molecule has 0 aliphatic carbocycles. The molecule has 1 aromatic heterocycles. The van der Waals surface area contributed by atoms with Gasteiger partial charge in [0.1, 0.15) is 5.82 Å². The molecule has 0 aliphatic rings. The highest BCUT2D eigenvalue weighted by Gasteiger charge is 2.19. The highest BCUT2D eigenvalue weighted by Crippen LogP contribution is 2.21. The first-order valence-corrected chi connectivity index (χ1v) is 6.08. The van der Waals surface area contributed by atoms with Crippen molar-refractivity contribution in [3.8, 4) is 0 Å². The van der Waals surface area contributed by atoms with Crippen LogP contribution in [0.4, 0.5) is 5.82 Å². The van der Waals surface area contributed by atoms with E-state index in [1.807, 2.05) is 6.92 Å². The number of anilines is 1. The van der Waals surface area contributed by atoms with E-state index in [1.54, 1.807) is 6.92 Å². The first-order chi connectivity index (χ1) is 8.35. The highest BCUT2D eigenvalue weighted by molar-refractivity contribution is 6.33. The third-order valence-corrected chi connectivity index (χ3v) is 2.80. The average Bonchev–Trinajstić information content (AvgIpc) is 2.27. The fourth-order valence-corrected chi connectivity index (χ4v) is 1.82. The second-order valence-corrected chi connectivity index (χ2v) is 4.87. The zero-order valence-electron chi connectivity index (χ0n) is 10.4. The zero-order valence-corrected chi connectivity index (χ0v) is 11.2. The van der Waals surface area contributed by atoms with E-state index in [0.717, 1.165) is 6.42 Å². The van der Waals surface area contributed by atoms with Crippen molar-refractivity contribution in [3.05, 3.63) is 22.8 Å². The Labute approximate surface area is 111 Å². The maximum absolute atomic E-state index is 10.7. The zero-order chi connectivity index (χ0) is 13.8. The van der Waals surface area contributed by atoms with Crippen LogP contribution < -0.4 is 5.32 Å². The average molecular weight is 273 g/mol. The monoisotopic (exact) mass is 272 g/mol. The van der Waals surface area contributed by atoms with E-state index >= 15 is 0 Å². The van der Waals surface area contributed by atoms with Crippen LogP contribution >= 0.6 is 11.6 Å². The van der Waals surface area contributed by atoms with Crippen molar-refractivity contribution in [1.29, 1.82) is 0 Å². The number of aromatic nitrogens is 1. The van der Waals surface area contributed by atoms with Gasteiger partial charge in [-0.25, -0.2) is 9.78 Å². The van der Waals surface area contributed by atoms with Gasteiger partial charge >= 0.3 is 5.97 Å². The van der Waals surface area contributed by atoms with E-state index in [-0.39, 0.29) is 10.6 Å². The van der Waals surface area contributed by atoms with Crippen molar-refractivity contribution < 1.29 is 15.0 Å². The molecule has 0 spiro atoms. The second-order valence-electron chi connectivity index (χ2n) is 4.46. The van der Waals surface area contributed by atoms with Crippen LogP contribution in [0.3, 0.4) is 0 Å². The Morgan fingerprint density at radius 2 is 2.28 bits per heavy atom. The lowest BCUT2D eigenvalue weighted by atomic mass is 10.0. The molecule has 1 heterocycles. The van der Waals surface area contributed by atoms with Gasteiger partial charge in [-0.2, -0.15) is 0 Å². The molecule has 0 saturated heterocycles. The molecular weight excluding hydrogens is 256 g/mol. The lowest BCUT2D eigenvalue weighted by Gasteiger charge is -2.23. The van der Waals surface area contributed by atoms with Crippen molar-refractivity contribution in [2.45, 2.75) is 32.3 Å². The molecule has 3 N–H and O–H groups in total. The predicted octanol–water partition coefficient (Wildman–Crippen LogP) is 2.40. The van der Waals surface area contributed by atoms with Crippen LogP contribution in [0.5, 0.6) is 0 Å². The number of nitrogens with zero attached hydrogens (tertiary/aromatic N) is 1. The number of pyridine rings is 1. The van der Waals surface area contributed by atoms with Crippen molar-refractivity contribution in [3.63, 3.8) is 0 Å². The number of rotatable bonds is 6. The Balaban J connectivity index is 2.71. The number of aromatic carboxylic acids is 1. The molecule has 1 atom stereocenters. The highest BCUT2D eigenvalue weighted by atomic mass is 35.5. The van der Waals surface area contributed by atoms with E-state index in [9.17, 15) is 9.90 Å². The standard InChI is InChI=1S/C12H17ClN2O3/c1-3-4-12(2,18)7-15-10-9(13)5-8(6-14-10)11(16)17/h5-6,18H,3-4,7H2,1-2H3,(H,14,15)(H,16,17). The summed E-state index contributed by atoms with van der Waals surface area (Å²) in [5.41, 5.74) is -0.809. The normalized spacial score (nSPS) is 14.0. The molecule has 0 bridgehead atoms. The number of aliphatic hydroxyl groups is 1. The topological polar surface area (TPSA) is 82.5 Å². The Bertz CT molecular complexity index is 435. The van der Waals surface area contributed by atoms with Crippen molar-refractivity contribution in [2.75, 3.05) is 11.9 Å². The van der Waals surface area contributed by atoms with Crippen molar-refractivity contribution in [2.24, 2.45) is 0 Å². The number of carboxylic acids is 1. The SMILES string of the molecule is CCCC(C)(O)CNc1ncc(C(=O)O)cc1Cl. The van der Waals surface area contributed by atoms with Gasteiger partial charge < -0.3 is 15.5 Å². The Hall–Kier alpha value is -1.33. The molecule has 0 aromatic carbocycles. The molecule has 1 rings (SSSR count). The van der Waals surface area contributed by atoms with E-state index in [0.29, 0.717) is 18.8 Å². The largest absolute Gasteiger partial charge is 0.478 e. The number of hydrogen-bond acceptors (Lipinski definition) is 4. The molecule has 1 aromatic rings. The molecule has 0 radical (unpaired) electrons. The van der Waals surface area contributed by atoms with Gasteiger partial charge in [0.25, 0.3) is 0 Å². The van der Waals surface area contributed by atoms with E-state index < -0.39 is 11.6 Å². The van der Waals surface area contributed by atoms with E-state index in [1.165, 1.54) is 12.3 Å². The van der Waals surface area contributed by atoms with Crippen LogP contribution in [0.15, 0.2) is 12.3 Å². The molecule has 0 fully saturated rings. The van der Waals surface area contributed by atoms with Gasteiger partial charge in [0.05, 0.1) is 16.2 Å². The first kappa shape index (κ1) is 14.7. The molecule has 6 heteroatoms. The fraction of sp³-hybridized carbons (Fsp3) is 0.500. The van der Waals surface area contributed by atoms with Crippen molar-refractivity contribution in [1.82, 2.24) is 4.98 Å². The van der Waals surface area contributed by atoms with Crippen LogP contribution in [-0.4, -0.2) is 33.3 Å². The molecular formula is C12H17ClN2O3. The summed E-state index contributed by atoms with van der Waals surface area (Å²) in [7, 11) is 0. The molecule has 0 saturated carbocycles. The maximum Gasteiger partial charge on any atom is 0.337 e. The molecule has 100 valence electrons. The fourth-order valence-electron chi connectivity index (χ4n) is 1.59. The molecule has 18 heavy (non-hydrogen) atoms. The summed E-state index contributed by atoms with van der Waals surface area (Å²) in [6.45, 7) is 4.02. The molecule has 0 aliphatic heterocycles. The maximum atomic E-state index is 10.7. The number of carboxylic acid groups (broad SMARTS) is 1. The summed E-state index contributed by atoms with van der Waals surface area (Å²) in [5.74, 6) is -0.702. The van der Waals surface area contributed by atoms with Gasteiger partial charge in [0.15, 0.2) is 0 Å². The Kier molecular flexibility index (Phi) is 4.93. The molecule has 5 nitrogen and oxygen atoms in total. The van der Waals surface area contributed by atoms with Crippen LogP contribution in [0.1, 0.15) is 37.0 Å². The smallest absolute Gasteiger partial charge is 0.337 e. The van der Waals surface area contributed by atoms with Gasteiger partial charge in [0.2, 0.25) is 0 Å². The number of nitrogens with one attached hydrogen (secondary N) is 1. The Morgan fingerprint density at radius 1 is 1.61 bits per heavy atom. The van der Waals surface area contributed by atoms with Crippen LogP contribution in [-0.2, 0) is 0 Å². The lowest BCUT2D eigenvalue weighted by molar-refractivity contribution is 0.0634. The minimum absolute atomic E-state index is 0.0332. The van der Waals surface area contributed by atoms with Crippen molar-refractivity contribution >= 4 is 23.4 Å². The van der Waals surface area contributed by atoms with E-state index in [2.05, 4.69) is 10.3 Å². The minimum atomic E-state index is -1.08. The third-order valence-electron chi connectivity index (χ3n) is 2.51. The van der Waals surface area contributed by atoms with Crippen LogP contribution in [0.2, 0.25) is 5.02 Å². The quantitative estimate of drug-likeness (QED) is 0.741. The Morgan fingerprint density at radius 3 is 2.78 bits per heavy atom. The predicted molar refractivity (Wildman–Crippen MR) is 70.2 cm³/mol. The van der Waals surface area contributed by atoms with Gasteiger partial charge in [-0.05, 0) is 19.4 Å². The first-order valence-electron chi connectivity index (χ1n) is 5.71. The number of halogens is 1. The third kappa shape index (κ3) is 4.16. The second kappa shape index (κ2) is 6.02. The minimum Gasteiger partial charge on any atom is -0.478 e.